The number of hydrogen-bond acceptors (Lipinski definition) is 10. The highest BCUT2D eigenvalue weighted by atomic mass is 32.2. The molecule has 4 aromatic heterocycles. The van der Waals surface area contributed by atoms with Crippen molar-refractivity contribution in [3.8, 4) is 17.3 Å². The fourth-order valence-corrected chi connectivity index (χ4v) is 5.87. The average molecular weight is 482 g/mol. The molecule has 1 saturated heterocycles. The number of anilines is 2. The van der Waals surface area contributed by atoms with Gasteiger partial charge in [0.1, 0.15) is 5.54 Å². The van der Waals surface area contributed by atoms with Crippen LogP contribution >= 0.6 is 11.3 Å². The summed E-state index contributed by atoms with van der Waals surface area (Å²) >= 11 is 1.53. The van der Waals surface area contributed by atoms with Gasteiger partial charge in [-0.15, -0.1) is 11.3 Å². The van der Waals surface area contributed by atoms with Gasteiger partial charge in [0, 0.05) is 24.8 Å². The average Bonchev–Trinajstić information content (AvgIpc) is 3.46. The van der Waals surface area contributed by atoms with Crippen LogP contribution in [0.5, 0.6) is 0 Å². The molecule has 0 bridgehead atoms. The van der Waals surface area contributed by atoms with E-state index in [0.29, 0.717) is 17.3 Å². The Labute approximate surface area is 193 Å². The standard InChI is InChI=1S/C20H19N9O2S2/c1-2-33(30,31)28-12-20(13-28,5-6-21)29-11-14(9-24-29)17-18-16(4-8-32-18)26-19(27-17)25-15-3-7-22-23-10-15/h3-4,7-11H,2,5,12-13H2,1H3,(H,22,25,26,27). The zero-order valence-electron chi connectivity index (χ0n) is 17.6. The fourth-order valence-electron chi connectivity index (χ4n) is 3.79. The molecule has 168 valence electrons. The van der Waals surface area contributed by atoms with E-state index in [0.717, 1.165) is 15.8 Å². The smallest absolute Gasteiger partial charge is 0.228 e. The number of aromatic nitrogens is 6. The largest absolute Gasteiger partial charge is 0.323 e. The van der Waals surface area contributed by atoms with E-state index >= 15 is 0 Å². The molecule has 0 spiro atoms. The quantitative estimate of drug-likeness (QED) is 0.421. The van der Waals surface area contributed by atoms with Gasteiger partial charge in [-0.1, -0.05) is 0 Å². The summed E-state index contributed by atoms with van der Waals surface area (Å²) in [4.78, 5) is 9.28. The molecular formula is C20H19N9O2S2. The lowest BCUT2D eigenvalue weighted by Gasteiger charge is -2.47. The highest BCUT2D eigenvalue weighted by Gasteiger charge is 2.49. The first-order valence-corrected chi connectivity index (χ1v) is 12.6. The molecule has 11 nitrogen and oxygen atoms in total. The van der Waals surface area contributed by atoms with Crippen LogP contribution in [0.25, 0.3) is 21.5 Å². The Balaban J connectivity index is 1.50. The van der Waals surface area contributed by atoms with Gasteiger partial charge >= 0.3 is 0 Å². The normalized spacial score (nSPS) is 15.8. The minimum atomic E-state index is -3.31. The van der Waals surface area contributed by atoms with Gasteiger partial charge in [-0.2, -0.15) is 24.9 Å². The number of fused-ring (bicyclic) bond motifs is 1. The predicted octanol–water partition coefficient (Wildman–Crippen LogP) is 2.36. The van der Waals surface area contributed by atoms with E-state index in [1.54, 1.807) is 36.3 Å². The lowest BCUT2D eigenvalue weighted by atomic mass is 9.89. The molecule has 0 atom stereocenters. The molecule has 0 saturated carbocycles. The zero-order valence-corrected chi connectivity index (χ0v) is 19.2. The Morgan fingerprint density at radius 3 is 2.82 bits per heavy atom. The van der Waals surface area contributed by atoms with Crippen molar-refractivity contribution >= 4 is 43.2 Å². The first kappa shape index (κ1) is 21.4. The summed E-state index contributed by atoms with van der Waals surface area (Å²) in [6, 6.07) is 5.87. The molecule has 33 heavy (non-hydrogen) atoms. The van der Waals surface area contributed by atoms with Gasteiger partial charge < -0.3 is 5.32 Å². The fraction of sp³-hybridized carbons (Fsp3) is 0.300. The Kier molecular flexibility index (Phi) is 5.28. The van der Waals surface area contributed by atoms with Crippen molar-refractivity contribution in [1.29, 1.82) is 5.26 Å². The Morgan fingerprint density at radius 2 is 2.09 bits per heavy atom. The maximum Gasteiger partial charge on any atom is 0.228 e. The molecule has 0 amide bonds. The van der Waals surface area contributed by atoms with Crippen molar-refractivity contribution in [2.24, 2.45) is 0 Å². The molecule has 1 aliphatic rings. The van der Waals surface area contributed by atoms with Crippen molar-refractivity contribution in [1.82, 2.24) is 34.3 Å². The first-order chi connectivity index (χ1) is 15.9. The maximum atomic E-state index is 12.2. The second-order valence-electron chi connectivity index (χ2n) is 7.69. The van der Waals surface area contributed by atoms with Gasteiger partial charge in [-0.25, -0.2) is 18.4 Å². The number of nitriles is 1. The summed E-state index contributed by atoms with van der Waals surface area (Å²) in [7, 11) is -3.31. The summed E-state index contributed by atoms with van der Waals surface area (Å²) in [6.45, 7) is 2.05. The van der Waals surface area contributed by atoms with Crippen molar-refractivity contribution in [2.45, 2.75) is 18.9 Å². The van der Waals surface area contributed by atoms with E-state index in [9.17, 15) is 13.7 Å². The SMILES string of the molecule is CCS(=O)(=O)N1CC(CC#N)(n2cc(-c3nc(Nc4ccnnc4)nc4ccsc34)cn2)C1. The third-order valence-corrected chi connectivity index (χ3v) is 8.28. The third kappa shape index (κ3) is 3.82. The Morgan fingerprint density at radius 1 is 1.24 bits per heavy atom. The molecule has 0 radical (unpaired) electrons. The van der Waals surface area contributed by atoms with Crippen molar-refractivity contribution in [3.63, 3.8) is 0 Å². The lowest BCUT2D eigenvalue weighted by Crippen LogP contribution is -2.64. The number of nitrogens with zero attached hydrogens (tertiary/aromatic N) is 8. The molecule has 13 heteroatoms. The van der Waals surface area contributed by atoms with Crippen LogP contribution in [0.1, 0.15) is 13.3 Å². The second-order valence-corrected chi connectivity index (χ2v) is 10.9. The number of nitrogens with one attached hydrogen (secondary N) is 1. The number of rotatable bonds is 7. The van der Waals surface area contributed by atoms with Crippen LogP contribution in [-0.2, 0) is 15.6 Å². The molecule has 1 N–H and O–H groups in total. The topological polar surface area (TPSA) is 143 Å². The minimum absolute atomic E-state index is 0.0278. The van der Waals surface area contributed by atoms with E-state index in [1.807, 2.05) is 17.6 Å². The predicted molar refractivity (Wildman–Crippen MR) is 123 cm³/mol. The van der Waals surface area contributed by atoms with E-state index < -0.39 is 15.6 Å². The monoisotopic (exact) mass is 481 g/mol. The van der Waals surface area contributed by atoms with E-state index in [4.69, 9.17) is 4.98 Å². The molecule has 5 rings (SSSR count). The molecule has 0 aliphatic carbocycles. The van der Waals surface area contributed by atoms with Crippen LogP contribution in [0.2, 0.25) is 0 Å². The summed E-state index contributed by atoms with van der Waals surface area (Å²) in [5.41, 5.74) is 2.27. The van der Waals surface area contributed by atoms with Gasteiger partial charge in [-0.05, 0) is 24.4 Å². The highest BCUT2D eigenvalue weighted by Crippen LogP contribution is 2.37. The van der Waals surface area contributed by atoms with Crippen LogP contribution in [0.3, 0.4) is 0 Å². The van der Waals surface area contributed by atoms with Crippen molar-refractivity contribution in [2.75, 3.05) is 24.2 Å². The van der Waals surface area contributed by atoms with Gasteiger partial charge in [0.05, 0.1) is 58.4 Å². The molecular weight excluding hydrogens is 462 g/mol. The maximum absolute atomic E-state index is 12.2. The van der Waals surface area contributed by atoms with E-state index in [-0.39, 0.29) is 25.3 Å². The molecule has 1 fully saturated rings. The molecule has 1 aliphatic heterocycles. The van der Waals surface area contributed by atoms with Crippen molar-refractivity contribution in [3.05, 3.63) is 42.3 Å². The summed E-state index contributed by atoms with van der Waals surface area (Å²) in [5, 5.41) is 26.6. The summed E-state index contributed by atoms with van der Waals surface area (Å²) in [6.07, 6.45) is 6.83. The first-order valence-electron chi connectivity index (χ1n) is 10.1. The van der Waals surface area contributed by atoms with E-state index in [2.05, 4.69) is 31.7 Å². The van der Waals surface area contributed by atoms with Crippen LogP contribution in [0.4, 0.5) is 11.6 Å². The lowest BCUT2D eigenvalue weighted by molar-refractivity contribution is 0.0719. The number of sulfonamides is 1. The Hall–Kier alpha value is -3.47. The number of hydrogen-bond donors (Lipinski definition) is 1. The molecule has 0 aromatic carbocycles. The molecule has 5 heterocycles. The number of thiophene rings is 1. The third-order valence-electron chi connectivity index (χ3n) is 5.59. The highest BCUT2D eigenvalue weighted by molar-refractivity contribution is 7.89. The molecule has 4 aromatic rings. The van der Waals surface area contributed by atoms with Crippen LogP contribution in [-0.4, -0.2) is 61.5 Å². The van der Waals surface area contributed by atoms with Crippen LogP contribution in [0, 0.1) is 11.3 Å². The van der Waals surface area contributed by atoms with Crippen LogP contribution in [0.15, 0.2) is 42.3 Å². The molecule has 0 unspecified atom stereocenters. The zero-order chi connectivity index (χ0) is 23.1. The van der Waals surface area contributed by atoms with Crippen LogP contribution < -0.4 is 5.32 Å². The van der Waals surface area contributed by atoms with Gasteiger partial charge in [0.15, 0.2) is 0 Å². The Bertz CT molecular complexity index is 1450. The summed E-state index contributed by atoms with van der Waals surface area (Å²) < 4.78 is 28.4. The van der Waals surface area contributed by atoms with E-state index in [1.165, 1.54) is 15.6 Å². The van der Waals surface area contributed by atoms with Gasteiger partial charge in [0.2, 0.25) is 16.0 Å². The minimum Gasteiger partial charge on any atom is -0.323 e. The van der Waals surface area contributed by atoms with Crippen molar-refractivity contribution < 1.29 is 8.42 Å². The van der Waals surface area contributed by atoms with Gasteiger partial charge in [-0.3, -0.25) is 4.68 Å². The van der Waals surface area contributed by atoms with Gasteiger partial charge in [0.25, 0.3) is 0 Å². The second kappa shape index (κ2) is 8.14. The summed E-state index contributed by atoms with van der Waals surface area (Å²) in [5.74, 6) is 0.437.